The number of pyridine rings is 1. The monoisotopic (exact) mass is 500 g/mol. The van der Waals surface area contributed by atoms with E-state index in [0.29, 0.717) is 43.4 Å². The van der Waals surface area contributed by atoms with E-state index in [1.165, 1.54) is 11.9 Å². The number of anilines is 1. The number of aryl methyl sites for hydroxylation is 1. The first-order valence-electron chi connectivity index (χ1n) is 11.1. The number of benzene rings is 1. The molecule has 186 valence electrons. The van der Waals surface area contributed by atoms with Crippen LogP contribution in [0, 0.1) is 0 Å². The van der Waals surface area contributed by atoms with Crippen LogP contribution in [-0.4, -0.2) is 67.9 Å². The molecule has 0 spiro atoms. The summed E-state index contributed by atoms with van der Waals surface area (Å²) < 4.78 is 19.7. The number of ether oxygens (including phenoxy) is 3. The van der Waals surface area contributed by atoms with Crippen molar-refractivity contribution in [1.82, 2.24) is 24.4 Å². The van der Waals surface area contributed by atoms with Gasteiger partial charge in [-0.05, 0) is 38.1 Å². The molecule has 11 nitrogen and oxygen atoms in total. The maximum atomic E-state index is 12.8. The number of hydrogen-bond donors (Lipinski definition) is 2. The molecule has 35 heavy (non-hydrogen) atoms. The summed E-state index contributed by atoms with van der Waals surface area (Å²) in [5.74, 6) is 1.09. The maximum absolute atomic E-state index is 12.8. The minimum absolute atomic E-state index is 0.131. The summed E-state index contributed by atoms with van der Waals surface area (Å²) in [6.45, 7) is 6.17. The zero-order chi connectivity index (χ0) is 24.8. The number of hydrazine groups is 1. The zero-order valence-corrected chi connectivity index (χ0v) is 20.6. The number of morpholine rings is 1. The van der Waals surface area contributed by atoms with Gasteiger partial charge in [-0.1, -0.05) is 4.58 Å². The van der Waals surface area contributed by atoms with Gasteiger partial charge in [-0.2, -0.15) is 10.1 Å². The fraction of sp³-hybridized carbons (Fsp3) is 0.348. The van der Waals surface area contributed by atoms with Crippen LogP contribution in [0.2, 0.25) is 0 Å². The Hall–Kier alpha value is -3.16. The van der Waals surface area contributed by atoms with Crippen molar-refractivity contribution < 1.29 is 24.2 Å². The average molecular weight is 501 g/mol. The van der Waals surface area contributed by atoms with Crippen LogP contribution in [0.4, 0.5) is 5.82 Å². The highest BCUT2D eigenvalue weighted by Gasteiger charge is 2.18. The Labute approximate surface area is 207 Å². The molecule has 3 heterocycles. The van der Waals surface area contributed by atoms with Crippen molar-refractivity contribution in [2.45, 2.75) is 24.8 Å². The van der Waals surface area contributed by atoms with Crippen molar-refractivity contribution in [2.75, 3.05) is 31.6 Å². The minimum atomic E-state index is -0.359. The van der Waals surface area contributed by atoms with Crippen molar-refractivity contribution >= 4 is 23.7 Å². The lowest BCUT2D eigenvalue weighted by molar-refractivity contribution is -0.184. The third kappa shape index (κ3) is 7.16. The predicted molar refractivity (Wildman–Crippen MR) is 130 cm³/mol. The molecule has 1 amide bonds. The molecule has 4 rings (SSSR count). The van der Waals surface area contributed by atoms with E-state index in [1.54, 1.807) is 53.3 Å². The molecule has 2 N–H and O–H groups in total. The summed E-state index contributed by atoms with van der Waals surface area (Å²) in [7, 11) is 1.77. The van der Waals surface area contributed by atoms with Crippen LogP contribution in [0.25, 0.3) is 0 Å². The minimum Gasteiger partial charge on any atom is -0.475 e. The Kier molecular flexibility index (Phi) is 8.21. The van der Waals surface area contributed by atoms with Crippen LogP contribution in [0.5, 0.6) is 17.5 Å². The first-order chi connectivity index (χ1) is 16.9. The van der Waals surface area contributed by atoms with Crippen molar-refractivity contribution in [1.29, 1.82) is 0 Å². The van der Waals surface area contributed by atoms with Gasteiger partial charge in [0.25, 0.3) is 5.91 Å². The van der Waals surface area contributed by atoms with Gasteiger partial charge in [-0.15, -0.1) is 0 Å². The number of nitrogens with zero attached hydrogens (tertiary/aromatic N) is 5. The van der Waals surface area contributed by atoms with E-state index in [0.717, 1.165) is 9.47 Å². The number of carbonyl (C=O) groups excluding carboxylic acids is 1. The second-order valence-corrected chi connectivity index (χ2v) is 8.99. The standard InChI is InChI=1S/C23H28N6O5S/c1-16(2)33-21-14-17(23(30)24-20-8-9-27(3)26-20)15-22(25-21)34-18-4-6-19(7-5-18)35-29(31)28-10-12-32-13-11-28/h4-9,14-16,31H,10-13H2,1-3H3,(H,24,26,30). The third-order valence-corrected chi connectivity index (χ3v) is 5.69. The molecule has 0 bridgehead atoms. The molecule has 0 saturated carbocycles. The molecule has 0 atom stereocenters. The van der Waals surface area contributed by atoms with Crippen LogP contribution in [0.1, 0.15) is 24.2 Å². The summed E-state index contributed by atoms with van der Waals surface area (Å²) in [6.07, 6.45) is 1.61. The van der Waals surface area contributed by atoms with E-state index in [-0.39, 0.29) is 23.8 Å². The molecule has 12 heteroatoms. The van der Waals surface area contributed by atoms with Crippen LogP contribution in [-0.2, 0) is 11.8 Å². The first-order valence-corrected chi connectivity index (χ1v) is 11.9. The largest absolute Gasteiger partial charge is 0.475 e. The number of amides is 1. The summed E-state index contributed by atoms with van der Waals surface area (Å²) in [5, 5.41) is 19.0. The number of hydrogen-bond acceptors (Lipinski definition) is 10. The summed E-state index contributed by atoms with van der Waals surface area (Å²) in [5.41, 5.74) is 0.324. The Bertz CT molecular complexity index is 1130. The van der Waals surface area contributed by atoms with Crippen molar-refractivity contribution in [3.8, 4) is 17.5 Å². The van der Waals surface area contributed by atoms with Gasteiger partial charge in [-0.25, -0.2) is 5.01 Å². The Balaban J connectivity index is 1.46. The first kappa shape index (κ1) is 24.9. The lowest BCUT2D eigenvalue weighted by Gasteiger charge is -2.31. The molecule has 1 aromatic carbocycles. The second kappa shape index (κ2) is 11.5. The van der Waals surface area contributed by atoms with Crippen molar-refractivity contribution in [3.05, 3.63) is 54.2 Å². The van der Waals surface area contributed by atoms with Gasteiger partial charge in [-0.3, -0.25) is 14.7 Å². The van der Waals surface area contributed by atoms with Crippen LogP contribution >= 0.6 is 11.9 Å². The number of rotatable bonds is 9. The molecular weight excluding hydrogens is 472 g/mol. The van der Waals surface area contributed by atoms with Crippen molar-refractivity contribution in [2.24, 2.45) is 7.05 Å². The Morgan fingerprint density at radius 1 is 1.17 bits per heavy atom. The number of aromatic nitrogens is 3. The number of nitrogens with one attached hydrogen (secondary N) is 1. The van der Waals surface area contributed by atoms with Gasteiger partial charge in [0.15, 0.2) is 5.82 Å². The topological polar surface area (TPSA) is 114 Å². The lowest BCUT2D eigenvalue weighted by atomic mass is 10.2. The summed E-state index contributed by atoms with van der Waals surface area (Å²) in [6, 6.07) is 12.0. The van der Waals surface area contributed by atoms with Gasteiger partial charge in [0.05, 0.1) is 24.9 Å². The van der Waals surface area contributed by atoms with E-state index in [4.69, 9.17) is 14.2 Å². The van der Waals surface area contributed by atoms with E-state index >= 15 is 0 Å². The summed E-state index contributed by atoms with van der Waals surface area (Å²) in [4.78, 5) is 18.0. The van der Waals surface area contributed by atoms with Crippen molar-refractivity contribution in [3.63, 3.8) is 0 Å². The highest BCUT2D eigenvalue weighted by atomic mass is 32.2. The van der Waals surface area contributed by atoms with E-state index in [1.807, 2.05) is 26.0 Å². The van der Waals surface area contributed by atoms with Gasteiger partial charge < -0.3 is 19.5 Å². The van der Waals surface area contributed by atoms with Gasteiger partial charge in [0.2, 0.25) is 11.8 Å². The van der Waals surface area contributed by atoms with Crippen LogP contribution in [0.3, 0.4) is 0 Å². The Morgan fingerprint density at radius 2 is 1.89 bits per heavy atom. The fourth-order valence-corrected chi connectivity index (χ4v) is 3.93. The SMILES string of the molecule is CC(C)Oc1cc(C(=O)Nc2ccn(C)n2)cc(Oc2ccc(SN(O)N3CCOCC3)cc2)n1. The molecule has 3 aromatic rings. The predicted octanol–water partition coefficient (Wildman–Crippen LogP) is 3.59. The highest BCUT2D eigenvalue weighted by molar-refractivity contribution is 7.96. The third-order valence-electron chi connectivity index (χ3n) is 4.81. The quantitative estimate of drug-likeness (QED) is 0.334. The van der Waals surface area contributed by atoms with Gasteiger partial charge in [0.1, 0.15) is 5.75 Å². The lowest BCUT2D eigenvalue weighted by Crippen LogP contribution is -2.43. The second-order valence-electron chi connectivity index (χ2n) is 8.01. The molecular formula is C23H28N6O5S. The van der Waals surface area contributed by atoms with Gasteiger partial charge in [0, 0.05) is 61.4 Å². The van der Waals surface area contributed by atoms with Crippen LogP contribution in [0.15, 0.2) is 53.6 Å². The normalized spacial score (nSPS) is 14.3. The molecule has 1 fully saturated rings. The van der Waals surface area contributed by atoms with Crippen LogP contribution < -0.4 is 14.8 Å². The molecule has 1 aliphatic heterocycles. The fourth-order valence-electron chi connectivity index (χ4n) is 3.20. The molecule has 1 aliphatic rings. The smallest absolute Gasteiger partial charge is 0.257 e. The van der Waals surface area contributed by atoms with E-state index in [9.17, 15) is 10.0 Å². The zero-order valence-electron chi connectivity index (χ0n) is 19.7. The molecule has 2 aromatic heterocycles. The molecule has 0 aliphatic carbocycles. The van der Waals surface area contributed by atoms with Gasteiger partial charge >= 0.3 is 0 Å². The molecule has 1 saturated heterocycles. The van der Waals surface area contributed by atoms with E-state index < -0.39 is 0 Å². The average Bonchev–Trinajstić information content (AvgIpc) is 3.24. The summed E-state index contributed by atoms with van der Waals surface area (Å²) >= 11 is 1.19. The van der Waals surface area contributed by atoms with E-state index in [2.05, 4.69) is 15.4 Å². The maximum Gasteiger partial charge on any atom is 0.257 e. The Morgan fingerprint density at radius 3 is 2.54 bits per heavy atom. The number of carbonyl (C=O) groups is 1. The molecule has 0 radical (unpaired) electrons. The highest BCUT2D eigenvalue weighted by Crippen LogP contribution is 2.29. The molecule has 0 unspecified atom stereocenters.